The van der Waals surface area contributed by atoms with Crippen molar-refractivity contribution < 1.29 is 38.0 Å². The summed E-state index contributed by atoms with van der Waals surface area (Å²) in [7, 11) is -0.388. The van der Waals surface area contributed by atoms with E-state index in [1.807, 2.05) is 25.1 Å². The summed E-state index contributed by atoms with van der Waals surface area (Å²) in [5.41, 5.74) is 0. The summed E-state index contributed by atoms with van der Waals surface area (Å²) in [5, 5.41) is 16.0. The number of ether oxygens (including phenoxy) is 2. The lowest BCUT2D eigenvalue weighted by Crippen LogP contribution is -2.47. The highest BCUT2D eigenvalue weighted by molar-refractivity contribution is 7.45. The molecular weight excluding hydrogens is 525 g/mol. The molecule has 218 valence electrons. The highest BCUT2D eigenvalue weighted by Gasteiger charge is 2.44. The first-order valence-electron chi connectivity index (χ1n) is 13.2. The first-order chi connectivity index (χ1) is 18.5. The molecule has 1 fully saturated rings. The number of nitrogens with zero attached hydrogens (tertiary/aromatic N) is 1. The molecule has 1 heterocycles. The highest BCUT2D eigenvalue weighted by atomic mass is 31.2. The van der Waals surface area contributed by atoms with Gasteiger partial charge >= 0.3 is 20.5 Å². The number of hydrogen-bond acceptors (Lipinski definition) is 9. The van der Waals surface area contributed by atoms with Gasteiger partial charge in [-0.15, -0.1) is 0 Å². The summed E-state index contributed by atoms with van der Waals surface area (Å²) in [6, 6.07) is 7.58. The van der Waals surface area contributed by atoms with Gasteiger partial charge in [0.15, 0.2) is 0 Å². The molecule has 0 aromatic heterocycles. The summed E-state index contributed by atoms with van der Waals surface area (Å²) in [6.07, 6.45) is 0.0166. The first-order valence-corrected chi connectivity index (χ1v) is 14.4. The van der Waals surface area contributed by atoms with Crippen molar-refractivity contribution in [1.29, 1.82) is 0 Å². The predicted octanol–water partition coefficient (Wildman–Crippen LogP) is 3.73. The van der Waals surface area contributed by atoms with E-state index in [2.05, 4.69) is 30.8 Å². The van der Waals surface area contributed by atoms with Crippen molar-refractivity contribution >= 4 is 26.4 Å². The zero-order valence-corrected chi connectivity index (χ0v) is 24.4. The van der Waals surface area contributed by atoms with Gasteiger partial charge in [-0.2, -0.15) is 0 Å². The van der Waals surface area contributed by atoms with Crippen LogP contribution in [-0.2, 0) is 23.6 Å². The number of carbonyl (C=O) groups is 3. The maximum Gasteiger partial charge on any atom is 0.326 e. The lowest BCUT2D eigenvalue weighted by atomic mass is 9.98. The number of rotatable bonds is 14. The van der Waals surface area contributed by atoms with Gasteiger partial charge in [-0.25, -0.2) is 9.88 Å². The van der Waals surface area contributed by atoms with E-state index < -0.39 is 56.8 Å². The van der Waals surface area contributed by atoms with Crippen LogP contribution in [-0.4, -0.2) is 72.2 Å². The Kier molecular flexibility index (Phi) is 13.3. The normalized spacial score (nSPS) is 23.0. The van der Waals surface area contributed by atoms with Crippen molar-refractivity contribution in [3.8, 4) is 5.75 Å². The van der Waals surface area contributed by atoms with Crippen LogP contribution in [0, 0.1) is 11.8 Å². The molecule has 1 aromatic rings. The number of urea groups is 1. The topological polar surface area (TPSA) is 136 Å². The minimum absolute atomic E-state index is 0.0828. The third-order valence-corrected chi connectivity index (χ3v) is 8.11. The highest BCUT2D eigenvalue weighted by Crippen LogP contribution is 2.38. The van der Waals surface area contributed by atoms with Crippen LogP contribution >= 0.6 is 8.53 Å². The van der Waals surface area contributed by atoms with E-state index in [4.69, 9.17) is 18.5 Å². The van der Waals surface area contributed by atoms with Crippen LogP contribution < -0.4 is 14.9 Å². The Bertz CT molecular complexity index is 948. The molecule has 0 spiro atoms. The third kappa shape index (κ3) is 9.54. The number of amides is 3. The van der Waals surface area contributed by atoms with Gasteiger partial charge in [0.05, 0.1) is 12.7 Å². The summed E-state index contributed by atoms with van der Waals surface area (Å²) < 4.78 is 23.6. The van der Waals surface area contributed by atoms with Gasteiger partial charge in [0, 0.05) is 13.0 Å². The molecule has 12 heteroatoms. The molecule has 1 aliphatic rings. The van der Waals surface area contributed by atoms with Crippen LogP contribution in [0.2, 0.25) is 0 Å². The molecule has 0 bridgehead atoms. The van der Waals surface area contributed by atoms with Gasteiger partial charge in [0.25, 0.3) is 5.91 Å². The minimum atomic E-state index is -1.85. The predicted molar refractivity (Wildman–Crippen MR) is 147 cm³/mol. The van der Waals surface area contributed by atoms with Crippen molar-refractivity contribution in [2.24, 2.45) is 11.8 Å². The fraction of sp³-hybridized carbons (Fsp3) is 0.593. The van der Waals surface area contributed by atoms with E-state index in [1.165, 1.54) is 11.9 Å². The number of hydrogen-bond donors (Lipinski definition) is 3. The summed E-state index contributed by atoms with van der Waals surface area (Å²) in [5.74, 6) is -0.734. The Balaban J connectivity index is 2.05. The number of aliphatic hydroxyl groups is 1. The van der Waals surface area contributed by atoms with Gasteiger partial charge in [-0.05, 0) is 50.8 Å². The standard InChI is InChI=1S/C27H42N3O8P/c1-8-20(9-2)19(6)36-26(33)18(5)29-39(38-21-14-12-11-13-15-21)35-16-22-24(32)17(4)25(37-22)30(7)27(34)28-23(31)10-3/h10-15,17-20,22,24-25,29,32H,3,8-9,16H2,1-2,4-7H3,(H,28,31,34)/t17-,18+,19?,22-,24+,25?,39?/m1/s1. The molecule has 2 rings (SSSR count). The van der Waals surface area contributed by atoms with Crippen molar-refractivity contribution in [2.75, 3.05) is 13.7 Å². The lowest BCUT2D eigenvalue weighted by molar-refractivity contribution is -0.152. The largest absolute Gasteiger partial charge is 0.461 e. The molecule has 3 amide bonds. The average molecular weight is 568 g/mol. The third-order valence-electron chi connectivity index (χ3n) is 6.76. The van der Waals surface area contributed by atoms with Crippen LogP contribution in [0.5, 0.6) is 5.75 Å². The van der Waals surface area contributed by atoms with E-state index in [0.717, 1.165) is 18.9 Å². The van der Waals surface area contributed by atoms with E-state index in [9.17, 15) is 19.5 Å². The number of imide groups is 1. The molecule has 11 nitrogen and oxygen atoms in total. The number of esters is 1. The molecule has 3 N–H and O–H groups in total. The smallest absolute Gasteiger partial charge is 0.326 e. The molecule has 1 aromatic carbocycles. The Morgan fingerprint density at radius 1 is 1.21 bits per heavy atom. The molecule has 1 aliphatic heterocycles. The van der Waals surface area contributed by atoms with Crippen LogP contribution in [0.1, 0.15) is 47.5 Å². The summed E-state index contributed by atoms with van der Waals surface area (Å²) >= 11 is 0. The van der Waals surface area contributed by atoms with Crippen molar-refractivity contribution in [2.45, 2.75) is 78.0 Å². The fourth-order valence-corrected chi connectivity index (χ4v) is 5.38. The second-order valence-corrected chi connectivity index (χ2v) is 10.8. The van der Waals surface area contributed by atoms with Crippen molar-refractivity contribution in [3.63, 3.8) is 0 Å². The maximum absolute atomic E-state index is 12.8. The summed E-state index contributed by atoms with van der Waals surface area (Å²) in [6.45, 7) is 12.7. The first kappa shape index (κ1) is 32.7. The number of carbonyl (C=O) groups excluding carboxylic acids is 3. The van der Waals surface area contributed by atoms with Gasteiger partial charge in [-0.3, -0.25) is 14.9 Å². The molecule has 1 saturated heterocycles. The van der Waals surface area contributed by atoms with E-state index >= 15 is 0 Å². The van der Waals surface area contributed by atoms with E-state index in [0.29, 0.717) is 5.75 Å². The Morgan fingerprint density at radius 2 is 1.85 bits per heavy atom. The Hall–Kier alpha value is -2.56. The van der Waals surface area contributed by atoms with Crippen LogP contribution in [0.25, 0.3) is 0 Å². The molecule has 0 radical (unpaired) electrons. The minimum Gasteiger partial charge on any atom is -0.461 e. The number of aliphatic hydroxyl groups excluding tert-OH is 1. The average Bonchev–Trinajstić information content (AvgIpc) is 3.20. The maximum atomic E-state index is 12.8. The molecule has 0 aliphatic carbocycles. The molecule has 0 saturated carbocycles. The molecule has 39 heavy (non-hydrogen) atoms. The van der Waals surface area contributed by atoms with Crippen molar-refractivity contribution in [1.82, 2.24) is 15.3 Å². The second kappa shape index (κ2) is 15.9. The van der Waals surface area contributed by atoms with Gasteiger partial charge in [0.2, 0.25) is 0 Å². The Labute approximate surface area is 232 Å². The monoisotopic (exact) mass is 567 g/mol. The molecule has 3 unspecified atom stereocenters. The Morgan fingerprint density at radius 3 is 2.44 bits per heavy atom. The second-order valence-electron chi connectivity index (χ2n) is 9.55. The lowest BCUT2D eigenvalue weighted by Gasteiger charge is -2.27. The number of nitrogens with one attached hydrogen (secondary N) is 2. The van der Waals surface area contributed by atoms with Gasteiger partial charge < -0.3 is 28.5 Å². The molecular formula is C27H42N3O8P. The van der Waals surface area contributed by atoms with Gasteiger partial charge in [0.1, 0.15) is 30.2 Å². The number of benzene rings is 1. The SMILES string of the molecule is C=CC(=O)NC(=O)N(C)C1O[C@H](COP(N[C@@H](C)C(=O)OC(C)C(CC)CC)Oc2ccccc2)[C@@H](O)[C@H]1C. The molecule has 7 atom stereocenters. The number of para-hydroxylation sites is 1. The van der Waals surface area contributed by atoms with Gasteiger partial charge in [-0.1, -0.05) is 45.5 Å². The summed E-state index contributed by atoms with van der Waals surface area (Å²) in [4.78, 5) is 37.8. The van der Waals surface area contributed by atoms with E-state index in [-0.39, 0.29) is 18.6 Å². The zero-order valence-electron chi connectivity index (χ0n) is 23.5. The zero-order chi connectivity index (χ0) is 29.1. The fourth-order valence-electron chi connectivity index (χ4n) is 4.19. The van der Waals surface area contributed by atoms with Crippen LogP contribution in [0.3, 0.4) is 0 Å². The quantitative estimate of drug-likeness (QED) is 0.175. The van der Waals surface area contributed by atoms with Crippen molar-refractivity contribution in [3.05, 3.63) is 43.0 Å². The van der Waals surface area contributed by atoms with Crippen LogP contribution in [0.4, 0.5) is 4.79 Å². The van der Waals surface area contributed by atoms with Crippen LogP contribution in [0.15, 0.2) is 43.0 Å². The van der Waals surface area contributed by atoms with E-state index in [1.54, 1.807) is 26.0 Å².